The molecule has 32 valence electrons. The predicted molar refractivity (Wildman–Crippen MR) is 32.0 cm³/mol. The maximum atomic E-state index is 9.32. The van der Waals surface area contributed by atoms with E-state index in [1.807, 2.05) is 0 Å². The molecule has 0 bridgehead atoms. The molecule has 0 N–H and O–H groups in total. The fourth-order valence-electron chi connectivity index (χ4n) is 0. The van der Waals surface area contributed by atoms with Gasteiger partial charge in [0.05, 0.1) is 9.82 Å². The van der Waals surface area contributed by atoms with Crippen LogP contribution in [-0.4, -0.2) is 18.9 Å². The van der Waals surface area contributed by atoms with Gasteiger partial charge in [0.1, 0.15) is 0 Å². The summed E-state index contributed by atoms with van der Waals surface area (Å²) in [6.45, 7) is -2.26. The third kappa shape index (κ3) is 9.01. The summed E-state index contributed by atoms with van der Waals surface area (Å²) in [6, 6.07) is 0. The summed E-state index contributed by atoms with van der Waals surface area (Å²) in [5.41, 5.74) is 0. The first kappa shape index (κ1) is 10.3. The molecule has 6 heteroatoms. The van der Waals surface area contributed by atoms with E-state index in [2.05, 4.69) is 14.8 Å². The van der Waals surface area contributed by atoms with Gasteiger partial charge in [0.25, 0.3) is 0 Å². The van der Waals surface area contributed by atoms with Crippen molar-refractivity contribution in [2.45, 2.75) is 0 Å². The van der Waals surface area contributed by atoms with E-state index >= 15 is 0 Å². The second kappa shape index (κ2) is 6.33. The number of hydrogen-bond donors (Lipinski definition) is 0. The average Bonchev–Trinajstić information content (AvgIpc) is 1.38. The van der Waals surface area contributed by atoms with Gasteiger partial charge >= 0.3 is 25.7 Å². The summed E-state index contributed by atoms with van der Waals surface area (Å²) in [5.74, 6) is 0. The predicted octanol–water partition coefficient (Wildman–Crippen LogP) is 1.47. The molecule has 0 radical (unpaired) electrons. The summed E-state index contributed by atoms with van der Waals surface area (Å²) in [6.07, 6.45) is 0. The van der Waals surface area contributed by atoms with E-state index in [4.69, 9.17) is 0 Å². The fourth-order valence-corrected chi connectivity index (χ4v) is 0. The second-order valence-corrected chi connectivity index (χ2v) is 4.79. The van der Waals surface area contributed by atoms with Crippen molar-refractivity contribution in [3.05, 3.63) is 0 Å². The summed E-state index contributed by atoms with van der Waals surface area (Å²) in [5, 5.41) is 0. The van der Waals surface area contributed by atoms with Gasteiger partial charge in [-0.3, -0.25) is 0 Å². The molecule has 0 aliphatic rings. The van der Waals surface area contributed by atoms with Crippen LogP contribution in [0.2, 0.25) is 0 Å². The van der Waals surface area contributed by atoms with E-state index in [1.165, 1.54) is 0 Å². The van der Waals surface area contributed by atoms with Crippen molar-refractivity contribution < 1.29 is 9.13 Å². The van der Waals surface area contributed by atoms with E-state index in [-0.39, 0.29) is 18.9 Å². The Morgan fingerprint density at radius 1 is 1.50 bits per heavy atom. The van der Waals surface area contributed by atoms with Crippen molar-refractivity contribution >= 4 is 50.4 Å². The first-order valence-electron chi connectivity index (χ1n) is 0.702. The Morgan fingerprint density at radius 2 is 1.67 bits per heavy atom. The molecule has 0 spiro atoms. The molecule has 0 aromatic heterocycles. The fraction of sp³-hybridized carbons (Fsp3) is 0. The van der Waals surface area contributed by atoms with Crippen molar-refractivity contribution in [1.82, 2.24) is 0 Å². The first-order chi connectivity index (χ1) is 2.27. The van der Waals surface area contributed by atoms with Crippen molar-refractivity contribution in [3.63, 3.8) is 0 Å². The SMILES string of the molecule is O=P(=O)SBr.[LiH]. The Morgan fingerprint density at radius 3 is 1.67 bits per heavy atom. The molecule has 0 saturated heterocycles. The molecular formula is HBrLiO2PS. The zero-order valence-electron chi connectivity index (χ0n) is 2.05. The quantitative estimate of drug-likeness (QED) is 0.455. The normalized spacial score (nSPS) is 6.17. The van der Waals surface area contributed by atoms with Crippen LogP contribution in [0.1, 0.15) is 0 Å². The minimum absolute atomic E-state index is 0. The molecule has 0 fully saturated rings. The van der Waals surface area contributed by atoms with Crippen molar-refractivity contribution in [1.29, 1.82) is 0 Å². The van der Waals surface area contributed by atoms with Gasteiger partial charge in [-0.05, 0) is 0 Å². The molecule has 0 amide bonds. The second-order valence-electron chi connectivity index (χ2n) is 0.293. The van der Waals surface area contributed by atoms with Crippen LogP contribution in [0.3, 0.4) is 0 Å². The van der Waals surface area contributed by atoms with Crippen LogP contribution in [-0.2, 0) is 9.13 Å². The van der Waals surface area contributed by atoms with Crippen LogP contribution in [0.5, 0.6) is 0 Å². The zero-order valence-corrected chi connectivity index (χ0v) is 5.35. The van der Waals surface area contributed by atoms with Crippen LogP contribution in [0, 0.1) is 0 Å². The standard InChI is InChI=1S/BrO2PS.Li.H/c1-5-4(2)3;;. The summed E-state index contributed by atoms with van der Waals surface area (Å²) >= 11 is 2.63. The van der Waals surface area contributed by atoms with Gasteiger partial charge in [0, 0.05) is 14.8 Å². The van der Waals surface area contributed by atoms with Gasteiger partial charge in [-0.25, -0.2) is 9.13 Å². The molecule has 0 heterocycles. The Balaban J connectivity index is 0. The van der Waals surface area contributed by atoms with Gasteiger partial charge in [-0.1, -0.05) is 0 Å². The zero-order chi connectivity index (χ0) is 4.28. The van der Waals surface area contributed by atoms with E-state index in [0.29, 0.717) is 9.82 Å². The first-order valence-corrected chi connectivity index (χ1v) is 5.14. The van der Waals surface area contributed by atoms with E-state index in [0.717, 1.165) is 0 Å². The summed E-state index contributed by atoms with van der Waals surface area (Å²) < 4.78 is 18.6. The van der Waals surface area contributed by atoms with Crippen LogP contribution in [0.4, 0.5) is 0 Å². The molecular weight excluding hydrogens is 182 g/mol. The number of hydrogen-bond acceptors (Lipinski definition) is 3. The Labute approximate surface area is 59.4 Å². The molecule has 0 unspecified atom stereocenters. The van der Waals surface area contributed by atoms with Crippen molar-refractivity contribution in [2.75, 3.05) is 0 Å². The molecule has 0 atom stereocenters. The van der Waals surface area contributed by atoms with Gasteiger partial charge in [0.15, 0.2) is 0 Å². The van der Waals surface area contributed by atoms with E-state index < -0.39 is 6.88 Å². The van der Waals surface area contributed by atoms with Gasteiger partial charge in [0.2, 0.25) is 0 Å². The third-order valence-corrected chi connectivity index (χ3v) is 2.63. The van der Waals surface area contributed by atoms with Gasteiger partial charge < -0.3 is 0 Å². The summed E-state index contributed by atoms with van der Waals surface area (Å²) in [4.78, 5) is 0. The third-order valence-electron chi connectivity index (χ3n) is 0.0563. The molecule has 0 saturated carbocycles. The topological polar surface area (TPSA) is 34.1 Å². The van der Waals surface area contributed by atoms with Crippen molar-refractivity contribution in [2.24, 2.45) is 0 Å². The van der Waals surface area contributed by atoms with Crippen LogP contribution >= 0.6 is 31.5 Å². The summed E-state index contributed by atoms with van der Waals surface area (Å²) in [7, 11) is 0.646. The van der Waals surface area contributed by atoms with Crippen LogP contribution in [0.15, 0.2) is 0 Å². The minimum atomic E-state index is -2.26. The van der Waals surface area contributed by atoms with Gasteiger partial charge in [-0.15, -0.1) is 0 Å². The van der Waals surface area contributed by atoms with E-state index in [9.17, 15) is 9.13 Å². The Kier molecular flexibility index (Phi) is 10.9. The Bertz CT molecular complexity index is 71.6. The molecule has 2 nitrogen and oxygen atoms in total. The van der Waals surface area contributed by atoms with Crippen LogP contribution in [0.25, 0.3) is 0 Å². The average molecular weight is 183 g/mol. The molecule has 0 aliphatic carbocycles. The number of rotatable bonds is 1. The monoisotopic (exact) mass is 182 g/mol. The maximum absolute atomic E-state index is 9.32. The van der Waals surface area contributed by atoms with Crippen molar-refractivity contribution in [3.8, 4) is 0 Å². The Hall–Kier alpha value is 1.33. The van der Waals surface area contributed by atoms with Gasteiger partial charge in [-0.2, -0.15) is 0 Å². The van der Waals surface area contributed by atoms with E-state index in [1.54, 1.807) is 0 Å². The van der Waals surface area contributed by atoms with Crippen LogP contribution < -0.4 is 0 Å². The molecule has 6 heavy (non-hydrogen) atoms. The number of halogens is 1. The molecule has 0 rings (SSSR count). The molecule has 0 aromatic carbocycles. The molecule has 0 aliphatic heterocycles. The molecule has 0 aromatic rings.